The van der Waals surface area contributed by atoms with E-state index in [0.29, 0.717) is 16.7 Å². The minimum atomic E-state index is 0.284. The van der Waals surface area contributed by atoms with Crippen LogP contribution < -0.4 is 4.74 Å². The van der Waals surface area contributed by atoms with E-state index in [0.717, 1.165) is 0 Å². The van der Waals surface area contributed by atoms with E-state index in [1.807, 2.05) is 0 Å². The summed E-state index contributed by atoms with van der Waals surface area (Å²) < 4.78 is 5.40. The first-order chi connectivity index (χ1) is 7.36. The van der Waals surface area contributed by atoms with Crippen LogP contribution >= 0.6 is 11.6 Å². The molecule has 0 N–H and O–H groups in total. The predicted octanol–water partition coefficient (Wildman–Crippen LogP) is 2.10. The van der Waals surface area contributed by atoms with Crippen LogP contribution in [-0.4, -0.2) is 15.0 Å². The quantitative estimate of drug-likeness (QED) is 0.745. The summed E-state index contributed by atoms with van der Waals surface area (Å²) in [6, 6.07) is 5.26. The topological polar surface area (TPSA) is 47.9 Å². The van der Waals surface area contributed by atoms with E-state index in [1.165, 1.54) is 0 Å². The molecule has 2 aromatic rings. The molecule has 0 unspecified atom stereocenters. The third-order valence-electron chi connectivity index (χ3n) is 1.70. The van der Waals surface area contributed by atoms with Crippen molar-refractivity contribution in [3.63, 3.8) is 0 Å². The molecule has 0 fully saturated rings. The zero-order chi connectivity index (χ0) is 10.5. The van der Waals surface area contributed by atoms with Gasteiger partial charge in [0.1, 0.15) is 6.61 Å². The average molecular weight is 222 g/mol. The molecule has 76 valence electrons. The fourth-order valence-corrected chi connectivity index (χ4v) is 1.20. The standard InChI is InChI=1S/C10H8ClN3O/c11-10-8(3-1-4-14-10)15-7-9-12-5-2-6-13-9/h1-6H,7H2. The number of ether oxygens (including phenoxy) is 1. The highest BCUT2D eigenvalue weighted by Gasteiger charge is 2.02. The SMILES string of the molecule is Clc1ncccc1OCc1ncccn1. The van der Waals surface area contributed by atoms with Gasteiger partial charge in [-0.3, -0.25) is 0 Å². The van der Waals surface area contributed by atoms with Crippen LogP contribution in [0.2, 0.25) is 5.15 Å². The maximum absolute atomic E-state index is 5.81. The molecule has 2 rings (SSSR count). The molecule has 0 radical (unpaired) electrons. The Morgan fingerprint density at radius 1 is 1.07 bits per heavy atom. The lowest BCUT2D eigenvalue weighted by Crippen LogP contribution is -2.00. The van der Waals surface area contributed by atoms with Crippen molar-refractivity contribution < 1.29 is 4.74 Å². The molecule has 0 amide bonds. The van der Waals surface area contributed by atoms with Gasteiger partial charge in [-0.15, -0.1) is 0 Å². The molecule has 15 heavy (non-hydrogen) atoms. The van der Waals surface area contributed by atoms with Crippen LogP contribution in [0.15, 0.2) is 36.8 Å². The first-order valence-corrected chi connectivity index (χ1v) is 4.73. The number of nitrogens with zero attached hydrogens (tertiary/aromatic N) is 3. The van der Waals surface area contributed by atoms with Crippen LogP contribution in [0.1, 0.15) is 5.82 Å². The number of hydrogen-bond donors (Lipinski definition) is 0. The average Bonchev–Trinajstić information content (AvgIpc) is 2.29. The van der Waals surface area contributed by atoms with Crippen molar-refractivity contribution in [3.05, 3.63) is 47.8 Å². The molecule has 2 heterocycles. The number of hydrogen-bond acceptors (Lipinski definition) is 4. The molecular formula is C10H8ClN3O. The second-order valence-corrected chi connectivity index (χ2v) is 3.10. The molecule has 0 bridgehead atoms. The molecule has 0 aromatic carbocycles. The second-order valence-electron chi connectivity index (χ2n) is 2.75. The molecule has 0 aliphatic carbocycles. The fraction of sp³-hybridized carbons (Fsp3) is 0.100. The van der Waals surface area contributed by atoms with E-state index in [2.05, 4.69) is 15.0 Å². The Hall–Kier alpha value is -1.68. The monoisotopic (exact) mass is 221 g/mol. The van der Waals surface area contributed by atoms with Gasteiger partial charge in [-0.2, -0.15) is 0 Å². The Balaban J connectivity index is 2.03. The molecule has 4 nitrogen and oxygen atoms in total. The fourth-order valence-electron chi connectivity index (χ4n) is 1.03. The van der Waals surface area contributed by atoms with Crippen molar-refractivity contribution in [3.8, 4) is 5.75 Å². The Morgan fingerprint density at radius 2 is 1.80 bits per heavy atom. The van der Waals surface area contributed by atoms with Gasteiger partial charge in [0.25, 0.3) is 0 Å². The molecule has 0 spiro atoms. The minimum Gasteiger partial charge on any atom is -0.482 e. The van der Waals surface area contributed by atoms with E-state index < -0.39 is 0 Å². The Kier molecular flexibility index (Phi) is 3.09. The highest BCUT2D eigenvalue weighted by molar-refractivity contribution is 6.30. The third-order valence-corrected chi connectivity index (χ3v) is 1.98. The number of rotatable bonds is 3. The van der Waals surface area contributed by atoms with Gasteiger partial charge in [-0.25, -0.2) is 15.0 Å². The summed E-state index contributed by atoms with van der Waals surface area (Å²) in [6.45, 7) is 0.284. The lowest BCUT2D eigenvalue weighted by Gasteiger charge is -2.05. The van der Waals surface area contributed by atoms with Gasteiger partial charge in [0.05, 0.1) is 0 Å². The van der Waals surface area contributed by atoms with Gasteiger partial charge < -0.3 is 4.74 Å². The van der Waals surface area contributed by atoms with Crippen molar-refractivity contribution >= 4 is 11.6 Å². The van der Waals surface area contributed by atoms with Crippen molar-refractivity contribution in [2.24, 2.45) is 0 Å². The van der Waals surface area contributed by atoms with Gasteiger partial charge in [0, 0.05) is 18.6 Å². The van der Waals surface area contributed by atoms with Gasteiger partial charge in [0.15, 0.2) is 16.7 Å². The summed E-state index contributed by atoms with van der Waals surface area (Å²) in [5, 5.41) is 0.341. The minimum absolute atomic E-state index is 0.284. The third kappa shape index (κ3) is 2.63. The van der Waals surface area contributed by atoms with E-state index in [-0.39, 0.29) is 6.61 Å². The largest absolute Gasteiger partial charge is 0.482 e. The smallest absolute Gasteiger partial charge is 0.171 e. The Morgan fingerprint density at radius 3 is 2.53 bits per heavy atom. The molecule has 0 saturated heterocycles. The molecule has 0 saturated carbocycles. The van der Waals surface area contributed by atoms with E-state index in [4.69, 9.17) is 16.3 Å². The van der Waals surface area contributed by atoms with E-state index in [9.17, 15) is 0 Å². The van der Waals surface area contributed by atoms with Crippen LogP contribution in [0.4, 0.5) is 0 Å². The summed E-state index contributed by atoms with van der Waals surface area (Å²) in [6.07, 6.45) is 4.93. The lowest BCUT2D eigenvalue weighted by molar-refractivity contribution is 0.295. The van der Waals surface area contributed by atoms with Crippen LogP contribution in [-0.2, 0) is 6.61 Å². The van der Waals surface area contributed by atoms with E-state index >= 15 is 0 Å². The predicted molar refractivity (Wildman–Crippen MR) is 55.6 cm³/mol. The van der Waals surface area contributed by atoms with Crippen LogP contribution in [0.3, 0.4) is 0 Å². The Bertz CT molecular complexity index is 436. The van der Waals surface area contributed by atoms with Crippen LogP contribution in [0, 0.1) is 0 Å². The molecule has 2 aromatic heterocycles. The normalized spacial score (nSPS) is 9.93. The zero-order valence-corrected chi connectivity index (χ0v) is 8.55. The summed E-state index contributed by atoms with van der Waals surface area (Å²) in [5.74, 6) is 1.14. The summed E-state index contributed by atoms with van der Waals surface area (Å²) in [7, 11) is 0. The summed E-state index contributed by atoms with van der Waals surface area (Å²) in [4.78, 5) is 11.9. The maximum atomic E-state index is 5.81. The van der Waals surface area contributed by atoms with Crippen molar-refractivity contribution in [2.75, 3.05) is 0 Å². The summed E-state index contributed by atoms with van der Waals surface area (Å²) >= 11 is 5.81. The molecule has 0 aliphatic heterocycles. The number of halogens is 1. The molecule has 5 heteroatoms. The van der Waals surface area contributed by atoms with Gasteiger partial charge in [-0.1, -0.05) is 11.6 Å². The molecule has 0 atom stereocenters. The maximum Gasteiger partial charge on any atom is 0.171 e. The number of aromatic nitrogens is 3. The highest BCUT2D eigenvalue weighted by Crippen LogP contribution is 2.20. The van der Waals surface area contributed by atoms with Crippen LogP contribution in [0.25, 0.3) is 0 Å². The van der Waals surface area contributed by atoms with Crippen molar-refractivity contribution in [1.29, 1.82) is 0 Å². The zero-order valence-electron chi connectivity index (χ0n) is 7.80. The van der Waals surface area contributed by atoms with Crippen molar-refractivity contribution in [1.82, 2.24) is 15.0 Å². The highest BCUT2D eigenvalue weighted by atomic mass is 35.5. The first kappa shape index (κ1) is 9.86. The van der Waals surface area contributed by atoms with E-state index in [1.54, 1.807) is 36.8 Å². The first-order valence-electron chi connectivity index (χ1n) is 4.35. The summed E-state index contributed by atoms with van der Waals surface area (Å²) in [5.41, 5.74) is 0. The van der Waals surface area contributed by atoms with Crippen molar-refractivity contribution in [2.45, 2.75) is 6.61 Å². The Labute approximate surface area is 91.9 Å². The molecule has 0 aliphatic rings. The second kappa shape index (κ2) is 4.70. The van der Waals surface area contributed by atoms with Gasteiger partial charge >= 0.3 is 0 Å². The van der Waals surface area contributed by atoms with Gasteiger partial charge in [0.2, 0.25) is 0 Å². The lowest BCUT2D eigenvalue weighted by atomic mass is 10.4. The van der Waals surface area contributed by atoms with Crippen LogP contribution in [0.5, 0.6) is 5.75 Å². The number of pyridine rings is 1. The van der Waals surface area contributed by atoms with Gasteiger partial charge in [-0.05, 0) is 18.2 Å². The molecular weight excluding hydrogens is 214 g/mol.